The number of imide groups is 1. The highest BCUT2D eigenvalue weighted by molar-refractivity contribution is 6.24. The summed E-state index contributed by atoms with van der Waals surface area (Å²) in [6.45, 7) is 0. The Morgan fingerprint density at radius 3 is 2.08 bits per heavy atom. The third kappa shape index (κ3) is 0.611. The molecule has 2 atom stereocenters. The normalized spacial score (nSPS) is 36.3. The molecule has 0 radical (unpaired) electrons. The fourth-order valence-electron chi connectivity index (χ4n) is 1.86. The lowest BCUT2D eigenvalue weighted by Crippen LogP contribution is -2.19. The molecule has 1 N–H and O–H groups in total. The first-order chi connectivity index (χ1) is 5.75. The van der Waals surface area contributed by atoms with Gasteiger partial charge in [-0.1, -0.05) is 12.2 Å². The molecule has 12 heavy (non-hydrogen) atoms. The summed E-state index contributed by atoms with van der Waals surface area (Å²) in [5.41, 5.74) is 1.19. The zero-order chi connectivity index (χ0) is 8.29. The third-order valence-corrected chi connectivity index (χ3v) is 2.66. The Bertz CT molecular complexity index is 331. The second kappa shape index (κ2) is 1.68. The molecule has 60 valence electrons. The van der Waals surface area contributed by atoms with Gasteiger partial charge >= 0.3 is 0 Å². The quantitative estimate of drug-likeness (QED) is 0.514. The van der Waals surface area contributed by atoms with E-state index in [0.717, 1.165) is 6.42 Å². The summed E-state index contributed by atoms with van der Waals surface area (Å²) in [5, 5.41) is 2.29. The average Bonchev–Trinajstić information content (AvgIpc) is 2.73. The SMILES string of the molecule is O=C1NC(=O)C2=CC3CC3C=C12. The number of nitrogens with one attached hydrogen (secondary N) is 1. The maximum absolute atomic E-state index is 11.1. The molecule has 0 bridgehead atoms. The molecule has 0 aromatic rings. The molecule has 2 unspecified atom stereocenters. The van der Waals surface area contributed by atoms with E-state index in [-0.39, 0.29) is 11.8 Å². The molecule has 1 saturated heterocycles. The Balaban J connectivity index is 2.16. The van der Waals surface area contributed by atoms with E-state index < -0.39 is 0 Å². The topological polar surface area (TPSA) is 46.2 Å². The predicted octanol–water partition coefficient (Wildman–Crippen LogP) is 0.145. The first-order valence-corrected chi connectivity index (χ1v) is 4.05. The number of rotatable bonds is 0. The van der Waals surface area contributed by atoms with Gasteiger partial charge in [0, 0.05) is 11.1 Å². The Hall–Kier alpha value is -1.38. The van der Waals surface area contributed by atoms with Crippen LogP contribution >= 0.6 is 0 Å². The lowest BCUT2D eigenvalue weighted by atomic mass is 10.0. The summed E-state index contributed by atoms with van der Waals surface area (Å²) in [6.07, 6.45) is 4.97. The highest BCUT2D eigenvalue weighted by Gasteiger charge is 2.43. The molecular formula is C9H7NO2. The van der Waals surface area contributed by atoms with E-state index in [1.54, 1.807) is 0 Å². The Labute approximate surface area is 69.1 Å². The molecule has 1 aliphatic heterocycles. The monoisotopic (exact) mass is 161 g/mol. The number of fused-ring (bicyclic) bond motifs is 2. The second-order valence-corrected chi connectivity index (χ2v) is 3.51. The zero-order valence-corrected chi connectivity index (χ0v) is 6.33. The van der Waals surface area contributed by atoms with Crippen LogP contribution in [0.1, 0.15) is 6.42 Å². The van der Waals surface area contributed by atoms with Gasteiger partial charge in [-0.2, -0.15) is 0 Å². The number of hydrogen-bond acceptors (Lipinski definition) is 2. The van der Waals surface area contributed by atoms with Crippen LogP contribution in [0.15, 0.2) is 23.3 Å². The van der Waals surface area contributed by atoms with Crippen LogP contribution < -0.4 is 5.32 Å². The summed E-state index contributed by atoms with van der Waals surface area (Å²) >= 11 is 0. The van der Waals surface area contributed by atoms with E-state index in [1.165, 1.54) is 0 Å². The highest BCUT2D eigenvalue weighted by Crippen LogP contribution is 2.47. The van der Waals surface area contributed by atoms with Crippen LogP contribution in [0.4, 0.5) is 0 Å². The molecule has 2 aliphatic carbocycles. The van der Waals surface area contributed by atoms with E-state index in [9.17, 15) is 9.59 Å². The minimum Gasteiger partial charge on any atom is -0.288 e. The lowest BCUT2D eigenvalue weighted by Gasteiger charge is -2.00. The average molecular weight is 161 g/mol. The third-order valence-electron chi connectivity index (χ3n) is 2.66. The molecular weight excluding hydrogens is 154 g/mol. The van der Waals surface area contributed by atoms with Crippen molar-refractivity contribution in [3.63, 3.8) is 0 Å². The minimum absolute atomic E-state index is 0.225. The molecule has 3 nitrogen and oxygen atoms in total. The van der Waals surface area contributed by atoms with Crippen LogP contribution in [0.2, 0.25) is 0 Å². The van der Waals surface area contributed by atoms with Gasteiger partial charge in [0.1, 0.15) is 0 Å². The maximum atomic E-state index is 11.1. The largest absolute Gasteiger partial charge is 0.288 e. The van der Waals surface area contributed by atoms with E-state index in [2.05, 4.69) is 5.32 Å². The van der Waals surface area contributed by atoms with E-state index in [0.29, 0.717) is 23.0 Å². The van der Waals surface area contributed by atoms with Gasteiger partial charge in [0.15, 0.2) is 0 Å². The predicted molar refractivity (Wildman–Crippen MR) is 40.9 cm³/mol. The molecule has 3 rings (SSSR count). The van der Waals surface area contributed by atoms with Crippen LogP contribution in [0.25, 0.3) is 0 Å². The van der Waals surface area contributed by atoms with Crippen LogP contribution in [0, 0.1) is 11.8 Å². The number of carbonyl (C=O) groups is 2. The first kappa shape index (κ1) is 6.17. The van der Waals surface area contributed by atoms with Gasteiger partial charge in [-0.25, -0.2) is 0 Å². The smallest absolute Gasteiger partial charge is 0.258 e. The number of hydrogen-bond donors (Lipinski definition) is 1. The highest BCUT2D eigenvalue weighted by atomic mass is 16.2. The van der Waals surface area contributed by atoms with Crippen molar-refractivity contribution in [1.29, 1.82) is 0 Å². The van der Waals surface area contributed by atoms with Gasteiger partial charge in [0.2, 0.25) is 0 Å². The Kier molecular flexibility index (Phi) is 0.865. The fraction of sp³-hybridized carbons (Fsp3) is 0.333. The van der Waals surface area contributed by atoms with Crippen molar-refractivity contribution in [1.82, 2.24) is 5.32 Å². The summed E-state index contributed by atoms with van der Waals surface area (Å²) in [7, 11) is 0. The second-order valence-electron chi connectivity index (χ2n) is 3.51. The number of amides is 2. The van der Waals surface area contributed by atoms with Gasteiger partial charge < -0.3 is 0 Å². The number of allylic oxidation sites excluding steroid dienone is 2. The standard InChI is InChI=1S/C9H7NO2/c11-8-6-2-4-1-5(4)3-7(6)9(12)10-8/h2-5H,1H2,(H,10,11,12). The first-order valence-electron chi connectivity index (χ1n) is 4.05. The minimum atomic E-state index is -0.225. The maximum Gasteiger partial charge on any atom is 0.258 e. The van der Waals surface area contributed by atoms with Crippen molar-refractivity contribution in [2.75, 3.05) is 0 Å². The molecule has 1 heterocycles. The zero-order valence-electron chi connectivity index (χ0n) is 6.33. The van der Waals surface area contributed by atoms with Gasteiger partial charge in [-0.3, -0.25) is 14.9 Å². The molecule has 3 aliphatic rings. The molecule has 0 aromatic heterocycles. The molecule has 1 saturated carbocycles. The van der Waals surface area contributed by atoms with Crippen molar-refractivity contribution >= 4 is 11.8 Å². The van der Waals surface area contributed by atoms with Crippen molar-refractivity contribution in [3.8, 4) is 0 Å². The lowest BCUT2D eigenvalue weighted by molar-refractivity contribution is -0.123. The van der Waals surface area contributed by atoms with Gasteiger partial charge in [-0.05, 0) is 18.3 Å². The Morgan fingerprint density at radius 2 is 1.58 bits per heavy atom. The van der Waals surface area contributed by atoms with Crippen LogP contribution in [0.3, 0.4) is 0 Å². The van der Waals surface area contributed by atoms with Gasteiger partial charge in [0.25, 0.3) is 11.8 Å². The Morgan fingerprint density at radius 1 is 1.08 bits per heavy atom. The summed E-state index contributed by atoms with van der Waals surface area (Å²) in [6, 6.07) is 0. The number of carbonyl (C=O) groups excluding carboxylic acids is 2. The molecule has 2 fully saturated rings. The summed E-state index contributed by atoms with van der Waals surface area (Å²) in [5.74, 6) is 0.606. The summed E-state index contributed by atoms with van der Waals surface area (Å²) < 4.78 is 0. The molecule has 0 aromatic carbocycles. The van der Waals surface area contributed by atoms with Crippen LogP contribution in [0.5, 0.6) is 0 Å². The molecule has 0 spiro atoms. The van der Waals surface area contributed by atoms with E-state index in [4.69, 9.17) is 0 Å². The van der Waals surface area contributed by atoms with Crippen LogP contribution in [-0.2, 0) is 9.59 Å². The molecule has 2 amide bonds. The van der Waals surface area contributed by atoms with Crippen molar-refractivity contribution < 1.29 is 9.59 Å². The molecule has 3 heteroatoms. The van der Waals surface area contributed by atoms with Crippen molar-refractivity contribution in [2.45, 2.75) is 6.42 Å². The van der Waals surface area contributed by atoms with E-state index in [1.807, 2.05) is 12.2 Å². The van der Waals surface area contributed by atoms with E-state index >= 15 is 0 Å². The summed E-state index contributed by atoms with van der Waals surface area (Å²) in [4.78, 5) is 22.3. The van der Waals surface area contributed by atoms with Gasteiger partial charge in [-0.15, -0.1) is 0 Å². The van der Waals surface area contributed by atoms with Crippen LogP contribution in [-0.4, -0.2) is 11.8 Å². The fourth-order valence-corrected chi connectivity index (χ4v) is 1.86. The van der Waals surface area contributed by atoms with Crippen molar-refractivity contribution in [2.24, 2.45) is 11.8 Å². The van der Waals surface area contributed by atoms with Crippen molar-refractivity contribution in [3.05, 3.63) is 23.3 Å². The van der Waals surface area contributed by atoms with Gasteiger partial charge in [0.05, 0.1) is 0 Å².